The van der Waals surface area contributed by atoms with Crippen molar-refractivity contribution in [3.8, 4) is 11.5 Å². The number of nitrogen functional groups attached to an aromatic ring is 2. The van der Waals surface area contributed by atoms with Gasteiger partial charge in [0.2, 0.25) is 5.82 Å². The summed E-state index contributed by atoms with van der Waals surface area (Å²) in [4.78, 5) is 9.21. The van der Waals surface area contributed by atoms with E-state index in [0.29, 0.717) is 12.1 Å². The van der Waals surface area contributed by atoms with Crippen LogP contribution in [0.3, 0.4) is 0 Å². The topological polar surface area (TPSA) is 114 Å². The standard InChI is InChI=1S/C7H5F3N2O3.C7H6F3NO/c8-3-1-6(15-7(9)10)4(11)2-5(3)12(13)14;8-4-1-2-5(11)6(3-4)12-7(9)10/h1-2,7H,11H2;1-3,7H,11H2. The fourth-order valence-electron chi connectivity index (χ4n) is 1.60. The molecule has 0 spiro atoms. The number of nitro benzene ring substituents is 1. The molecule has 0 unspecified atom stereocenters. The predicted octanol–water partition coefficient (Wildman–Crippen LogP) is 3.93. The molecule has 13 heteroatoms. The van der Waals surface area contributed by atoms with Gasteiger partial charge < -0.3 is 20.9 Å². The minimum absolute atomic E-state index is 0.0169. The van der Waals surface area contributed by atoms with Crippen LogP contribution in [0.2, 0.25) is 0 Å². The van der Waals surface area contributed by atoms with Gasteiger partial charge in [-0.05, 0) is 12.1 Å². The molecule has 4 N–H and O–H groups in total. The molecule has 2 aromatic carbocycles. The number of nitrogens with two attached hydrogens (primary N) is 2. The van der Waals surface area contributed by atoms with E-state index in [0.717, 1.165) is 18.2 Å². The molecule has 2 rings (SSSR count). The highest BCUT2D eigenvalue weighted by atomic mass is 19.3. The van der Waals surface area contributed by atoms with Gasteiger partial charge in [0, 0.05) is 18.2 Å². The van der Waals surface area contributed by atoms with Crippen molar-refractivity contribution in [2.75, 3.05) is 11.5 Å². The molecule has 148 valence electrons. The van der Waals surface area contributed by atoms with Gasteiger partial charge in [0.1, 0.15) is 5.82 Å². The van der Waals surface area contributed by atoms with Crippen LogP contribution < -0.4 is 20.9 Å². The van der Waals surface area contributed by atoms with Crippen molar-refractivity contribution >= 4 is 17.1 Å². The summed E-state index contributed by atoms with van der Waals surface area (Å²) in [5, 5.41) is 10.2. The first-order valence-corrected chi connectivity index (χ1v) is 6.69. The smallest absolute Gasteiger partial charge is 0.387 e. The molecule has 7 nitrogen and oxygen atoms in total. The third kappa shape index (κ3) is 6.80. The van der Waals surface area contributed by atoms with Crippen molar-refractivity contribution < 1.29 is 40.7 Å². The summed E-state index contributed by atoms with van der Waals surface area (Å²) in [6, 6.07) is 4.09. The van der Waals surface area contributed by atoms with E-state index >= 15 is 0 Å². The first-order valence-electron chi connectivity index (χ1n) is 6.69. The van der Waals surface area contributed by atoms with Crippen LogP contribution in [-0.4, -0.2) is 18.1 Å². The van der Waals surface area contributed by atoms with Crippen LogP contribution in [0.5, 0.6) is 11.5 Å². The second-order valence-corrected chi connectivity index (χ2v) is 4.54. The molecular formula is C14H11F6N3O4. The number of rotatable bonds is 5. The number of nitro groups is 1. The van der Waals surface area contributed by atoms with Crippen LogP contribution in [0.25, 0.3) is 0 Å². The summed E-state index contributed by atoms with van der Waals surface area (Å²) in [6.07, 6.45) is 0. The number of anilines is 2. The predicted molar refractivity (Wildman–Crippen MR) is 81.5 cm³/mol. The highest BCUT2D eigenvalue weighted by Crippen LogP contribution is 2.30. The molecular weight excluding hydrogens is 388 g/mol. The van der Waals surface area contributed by atoms with E-state index in [1.54, 1.807) is 0 Å². The lowest BCUT2D eigenvalue weighted by Gasteiger charge is -2.07. The van der Waals surface area contributed by atoms with Gasteiger partial charge in [-0.25, -0.2) is 4.39 Å². The number of benzene rings is 2. The monoisotopic (exact) mass is 399 g/mol. The van der Waals surface area contributed by atoms with E-state index in [9.17, 15) is 36.5 Å². The first-order chi connectivity index (χ1) is 12.5. The van der Waals surface area contributed by atoms with Crippen LogP contribution in [0, 0.1) is 21.7 Å². The molecule has 0 bridgehead atoms. The molecule has 0 aliphatic rings. The van der Waals surface area contributed by atoms with Gasteiger partial charge in [0.05, 0.1) is 16.3 Å². The van der Waals surface area contributed by atoms with Gasteiger partial charge in [-0.2, -0.15) is 22.0 Å². The van der Waals surface area contributed by atoms with Gasteiger partial charge in [-0.3, -0.25) is 10.1 Å². The number of hydrogen-bond donors (Lipinski definition) is 2. The number of halogens is 6. The maximum absolute atomic E-state index is 12.9. The summed E-state index contributed by atoms with van der Waals surface area (Å²) in [6.45, 7) is -6.16. The Kier molecular flexibility index (Phi) is 7.50. The Labute approximate surface area is 147 Å². The molecule has 0 aromatic heterocycles. The van der Waals surface area contributed by atoms with Crippen LogP contribution >= 0.6 is 0 Å². The summed E-state index contributed by atoms with van der Waals surface area (Å²) < 4.78 is 79.9. The van der Waals surface area contributed by atoms with Crippen LogP contribution in [0.15, 0.2) is 30.3 Å². The second-order valence-electron chi connectivity index (χ2n) is 4.54. The molecule has 0 aliphatic carbocycles. The van der Waals surface area contributed by atoms with Crippen molar-refractivity contribution in [3.05, 3.63) is 52.1 Å². The Bertz CT molecular complexity index is 807. The Morgan fingerprint density at radius 2 is 1.41 bits per heavy atom. The molecule has 0 heterocycles. The lowest BCUT2D eigenvalue weighted by atomic mass is 10.2. The number of hydrogen-bond acceptors (Lipinski definition) is 6. The van der Waals surface area contributed by atoms with Gasteiger partial charge in [-0.1, -0.05) is 0 Å². The molecule has 0 radical (unpaired) electrons. The number of alkyl halides is 4. The van der Waals surface area contributed by atoms with E-state index in [4.69, 9.17) is 11.5 Å². The molecule has 0 atom stereocenters. The molecule has 2 aromatic rings. The minimum Gasteiger partial charge on any atom is -0.433 e. The lowest BCUT2D eigenvalue weighted by Crippen LogP contribution is -2.05. The Morgan fingerprint density at radius 3 is 1.89 bits per heavy atom. The number of ether oxygens (including phenoxy) is 2. The van der Waals surface area contributed by atoms with E-state index in [1.165, 1.54) is 0 Å². The molecule has 0 aliphatic heterocycles. The van der Waals surface area contributed by atoms with Crippen molar-refractivity contribution in [2.45, 2.75) is 13.2 Å². The van der Waals surface area contributed by atoms with Crippen LogP contribution in [0.4, 0.5) is 43.4 Å². The summed E-state index contributed by atoms with van der Waals surface area (Å²) in [5.74, 6) is -2.93. The summed E-state index contributed by atoms with van der Waals surface area (Å²) in [5.41, 5.74) is 9.02. The van der Waals surface area contributed by atoms with Crippen molar-refractivity contribution in [1.82, 2.24) is 0 Å². The lowest BCUT2D eigenvalue weighted by molar-refractivity contribution is -0.387. The van der Waals surface area contributed by atoms with Crippen LogP contribution in [0.1, 0.15) is 0 Å². The largest absolute Gasteiger partial charge is 0.433 e. The van der Waals surface area contributed by atoms with Gasteiger partial charge in [0.25, 0.3) is 0 Å². The highest BCUT2D eigenvalue weighted by molar-refractivity contribution is 5.59. The zero-order valence-electron chi connectivity index (χ0n) is 13.0. The molecule has 0 fully saturated rings. The quantitative estimate of drug-likeness (QED) is 0.341. The fourth-order valence-corrected chi connectivity index (χ4v) is 1.60. The van der Waals surface area contributed by atoms with Crippen molar-refractivity contribution in [1.29, 1.82) is 0 Å². The molecule has 0 amide bonds. The summed E-state index contributed by atoms with van der Waals surface area (Å²) in [7, 11) is 0. The zero-order valence-corrected chi connectivity index (χ0v) is 13.0. The molecule has 27 heavy (non-hydrogen) atoms. The molecule has 0 saturated heterocycles. The van der Waals surface area contributed by atoms with E-state index < -0.39 is 46.9 Å². The fraction of sp³-hybridized carbons (Fsp3) is 0.143. The molecule has 0 saturated carbocycles. The van der Waals surface area contributed by atoms with Crippen molar-refractivity contribution in [2.24, 2.45) is 0 Å². The third-order valence-corrected chi connectivity index (χ3v) is 2.68. The van der Waals surface area contributed by atoms with Gasteiger partial charge in [-0.15, -0.1) is 0 Å². The normalized spacial score (nSPS) is 10.4. The third-order valence-electron chi connectivity index (χ3n) is 2.68. The van der Waals surface area contributed by atoms with Gasteiger partial charge >= 0.3 is 18.9 Å². The Balaban J connectivity index is 0.000000277. The maximum Gasteiger partial charge on any atom is 0.387 e. The first kappa shape index (κ1) is 21.7. The second kappa shape index (κ2) is 9.35. The Morgan fingerprint density at radius 1 is 0.889 bits per heavy atom. The zero-order chi connectivity index (χ0) is 20.7. The highest BCUT2D eigenvalue weighted by Gasteiger charge is 2.19. The minimum atomic E-state index is -3.17. The average molecular weight is 399 g/mol. The Hall–Kier alpha value is -3.38. The van der Waals surface area contributed by atoms with E-state index in [2.05, 4.69) is 9.47 Å². The average Bonchev–Trinajstić information content (AvgIpc) is 2.53. The summed E-state index contributed by atoms with van der Waals surface area (Å²) >= 11 is 0. The van der Waals surface area contributed by atoms with E-state index in [-0.39, 0.29) is 11.4 Å². The van der Waals surface area contributed by atoms with Crippen molar-refractivity contribution in [3.63, 3.8) is 0 Å². The van der Waals surface area contributed by atoms with Gasteiger partial charge in [0.15, 0.2) is 11.5 Å². The van der Waals surface area contributed by atoms with E-state index in [1.807, 2.05) is 0 Å². The van der Waals surface area contributed by atoms with Crippen LogP contribution in [-0.2, 0) is 0 Å². The SMILES string of the molecule is Nc1cc([N+](=O)[O-])c(F)cc1OC(F)F.Nc1ccc(F)cc1OC(F)F. The number of nitrogens with zero attached hydrogens (tertiary/aromatic N) is 1. The maximum atomic E-state index is 12.9.